The van der Waals surface area contributed by atoms with E-state index < -0.39 is 31.6 Å². The van der Waals surface area contributed by atoms with Crippen molar-refractivity contribution in [2.24, 2.45) is 0 Å². The fourth-order valence-electron chi connectivity index (χ4n) is 1.74. The van der Waals surface area contributed by atoms with E-state index in [0.717, 1.165) is 12.8 Å². The predicted octanol–water partition coefficient (Wildman–Crippen LogP) is -6.68. The Labute approximate surface area is 128 Å². The summed E-state index contributed by atoms with van der Waals surface area (Å²) in [5.74, 6) is -3.08. The molecule has 0 aliphatic carbocycles. The Morgan fingerprint density at radius 1 is 0.773 bits per heavy atom. The van der Waals surface area contributed by atoms with Crippen LogP contribution in [-0.4, -0.2) is 63.9 Å². The van der Waals surface area contributed by atoms with E-state index in [1.165, 1.54) is 0 Å². The molecule has 0 bridgehead atoms. The first kappa shape index (κ1) is 20.8. The molecule has 2 fully saturated rings. The molecule has 0 aromatic carbocycles. The lowest BCUT2D eigenvalue weighted by Gasteiger charge is -1.97. The van der Waals surface area contributed by atoms with Gasteiger partial charge in [0.1, 0.15) is 11.5 Å². The molecular formula is C10H20N2O8S2. The van der Waals surface area contributed by atoms with Crippen LogP contribution in [0.15, 0.2) is 0 Å². The third-order valence-corrected chi connectivity index (χ3v) is 6.49. The molecule has 0 aromatic heterocycles. The maximum atomic E-state index is 10.6. The number of quaternary nitrogens is 2. The maximum Gasteiger partial charge on any atom is 0.156 e. The van der Waals surface area contributed by atoms with Crippen molar-refractivity contribution < 1.29 is 48.1 Å². The SMILES string of the molecule is O=C([O-])C(=O)[O-].[NH3+]C1CCS(=O)(=O)C1.[NH3+]C1CCS(=O)(=O)C1. The number of hydrogen-bond donors (Lipinski definition) is 2. The number of rotatable bonds is 0. The topological polar surface area (TPSA) is 204 Å². The van der Waals surface area contributed by atoms with Gasteiger partial charge < -0.3 is 31.3 Å². The van der Waals surface area contributed by atoms with Gasteiger partial charge in [-0.2, -0.15) is 0 Å². The van der Waals surface area contributed by atoms with E-state index in [1.807, 2.05) is 0 Å². The lowest BCUT2D eigenvalue weighted by molar-refractivity contribution is -0.411. The Kier molecular flexibility index (Phi) is 7.93. The average Bonchev–Trinajstić information content (AvgIpc) is 2.81. The van der Waals surface area contributed by atoms with Gasteiger partial charge in [0.25, 0.3) is 0 Å². The molecule has 0 spiro atoms. The summed E-state index contributed by atoms with van der Waals surface area (Å²) in [5.41, 5.74) is 7.31. The molecule has 12 heteroatoms. The van der Waals surface area contributed by atoms with E-state index in [0.29, 0.717) is 23.0 Å². The number of hydrogen-bond acceptors (Lipinski definition) is 8. The summed E-state index contributed by atoms with van der Waals surface area (Å²) >= 11 is 0. The van der Waals surface area contributed by atoms with E-state index in [4.69, 9.17) is 19.8 Å². The van der Waals surface area contributed by atoms with Gasteiger partial charge in [0.2, 0.25) is 0 Å². The van der Waals surface area contributed by atoms with Gasteiger partial charge in [-0.3, -0.25) is 0 Å². The second-order valence-electron chi connectivity index (χ2n) is 5.11. The monoisotopic (exact) mass is 360 g/mol. The smallest absolute Gasteiger partial charge is 0.156 e. The van der Waals surface area contributed by atoms with E-state index in [1.54, 1.807) is 0 Å². The minimum atomic E-state index is -2.66. The van der Waals surface area contributed by atoms with E-state index in [2.05, 4.69) is 11.5 Å². The quantitative estimate of drug-likeness (QED) is 0.396. The standard InChI is InChI=1S/2C4H9NO2S.C2H2O4/c2*5-4-1-2-8(6,7)3-4;3-1(4)2(5)6/h2*4H,1-3,5H2;(H,3,4)(H,5,6). The fourth-order valence-corrected chi connectivity index (χ4v) is 5.23. The van der Waals surface area contributed by atoms with Crippen molar-refractivity contribution in [1.29, 1.82) is 0 Å². The molecule has 2 atom stereocenters. The van der Waals surface area contributed by atoms with Gasteiger partial charge in [0.05, 0.1) is 35.5 Å². The second kappa shape index (κ2) is 8.41. The first-order valence-corrected chi connectivity index (χ1v) is 9.98. The Hall–Kier alpha value is -1.24. The summed E-state index contributed by atoms with van der Waals surface area (Å²) in [5, 5.41) is 17.9. The molecule has 0 radical (unpaired) electrons. The largest absolute Gasteiger partial charge is 0.543 e. The summed E-state index contributed by atoms with van der Waals surface area (Å²) in [6, 6.07) is 0.306. The number of carboxylic acids is 2. The van der Waals surface area contributed by atoms with Crippen LogP contribution in [0.1, 0.15) is 12.8 Å². The summed E-state index contributed by atoms with van der Waals surface area (Å²) < 4.78 is 42.4. The summed E-state index contributed by atoms with van der Waals surface area (Å²) in [6.07, 6.45) is 1.50. The Balaban J connectivity index is 0.000000306. The molecule has 2 aliphatic rings. The molecule has 6 N–H and O–H groups in total. The molecule has 2 heterocycles. The lowest BCUT2D eigenvalue weighted by atomic mass is 10.3. The Morgan fingerprint density at radius 3 is 1.09 bits per heavy atom. The van der Waals surface area contributed by atoms with Gasteiger partial charge in [-0.15, -0.1) is 0 Å². The van der Waals surface area contributed by atoms with Crippen LogP contribution < -0.4 is 21.7 Å². The average molecular weight is 360 g/mol. The summed E-state index contributed by atoms with van der Waals surface area (Å²) in [4.78, 5) is 17.9. The minimum Gasteiger partial charge on any atom is -0.543 e. The Bertz CT molecular complexity index is 544. The van der Waals surface area contributed by atoms with Gasteiger partial charge >= 0.3 is 0 Å². The molecule has 2 unspecified atom stereocenters. The third kappa shape index (κ3) is 9.65. The van der Waals surface area contributed by atoms with E-state index >= 15 is 0 Å². The van der Waals surface area contributed by atoms with Crippen molar-refractivity contribution in [2.75, 3.05) is 23.0 Å². The van der Waals surface area contributed by atoms with Crippen LogP contribution in [0.2, 0.25) is 0 Å². The molecule has 2 aliphatic heterocycles. The molecular weight excluding hydrogens is 340 g/mol. The summed E-state index contributed by atoms with van der Waals surface area (Å²) in [7, 11) is -5.32. The van der Waals surface area contributed by atoms with Crippen molar-refractivity contribution in [1.82, 2.24) is 0 Å². The highest BCUT2D eigenvalue weighted by Gasteiger charge is 2.27. The number of carbonyl (C=O) groups excluding carboxylic acids is 2. The third-order valence-electron chi connectivity index (χ3n) is 2.82. The van der Waals surface area contributed by atoms with Crippen LogP contribution in [0.4, 0.5) is 0 Å². The van der Waals surface area contributed by atoms with Crippen molar-refractivity contribution in [3.63, 3.8) is 0 Å². The molecule has 130 valence electrons. The molecule has 0 amide bonds. The predicted molar refractivity (Wildman–Crippen MR) is 69.9 cm³/mol. The lowest BCUT2D eigenvalue weighted by Crippen LogP contribution is -2.61. The van der Waals surface area contributed by atoms with E-state index in [-0.39, 0.29) is 12.1 Å². The molecule has 22 heavy (non-hydrogen) atoms. The maximum absolute atomic E-state index is 10.6. The van der Waals surface area contributed by atoms with Crippen LogP contribution >= 0.6 is 0 Å². The molecule has 0 saturated carbocycles. The zero-order valence-electron chi connectivity index (χ0n) is 11.9. The zero-order valence-corrected chi connectivity index (χ0v) is 13.5. The van der Waals surface area contributed by atoms with E-state index in [9.17, 15) is 16.8 Å². The van der Waals surface area contributed by atoms with Crippen LogP contribution in [0.25, 0.3) is 0 Å². The number of carboxylic acid groups (broad SMARTS) is 2. The van der Waals surface area contributed by atoms with Crippen LogP contribution in [0.3, 0.4) is 0 Å². The number of aliphatic carboxylic acids is 2. The molecule has 2 saturated heterocycles. The minimum absolute atomic E-state index is 0.153. The first-order chi connectivity index (χ1) is 9.84. The second-order valence-corrected chi connectivity index (χ2v) is 9.57. The van der Waals surface area contributed by atoms with Gasteiger partial charge in [-0.25, -0.2) is 16.8 Å². The van der Waals surface area contributed by atoms with Crippen molar-refractivity contribution in [2.45, 2.75) is 24.9 Å². The fraction of sp³-hybridized carbons (Fsp3) is 0.800. The van der Waals surface area contributed by atoms with Crippen LogP contribution in [0.5, 0.6) is 0 Å². The van der Waals surface area contributed by atoms with Crippen LogP contribution in [-0.2, 0) is 29.3 Å². The van der Waals surface area contributed by atoms with Gasteiger partial charge in [-0.05, 0) is 0 Å². The van der Waals surface area contributed by atoms with Crippen LogP contribution in [0, 0.1) is 0 Å². The van der Waals surface area contributed by atoms with Gasteiger partial charge in [-0.1, -0.05) is 0 Å². The molecule has 10 nitrogen and oxygen atoms in total. The normalized spacial score (nSPS) is 27.7. The molecule has 2 rings (SSSR count). The zero-order chi connectivity index (χ0) is 17.6. The number of carbonyl (C=O) groups is 2. The first-order valence-electron chi connectivity index (χ1n) is 6.34. The Morgan fingerprint density at radius 2 is 1.05 bits per heavy atom. The number of sulfone groups is 2. The highest BCUT2D eigenvalue weighted by molar-refractivity contribution is 7.91. The molecule has 0 aromatic rings. The van der Waals surface area contributed by atoms with Gasteiger partial charge in [0.15, 0.2) is 19.7 Å². The summed E-state index contributed by atoms with van der Waals surface area (Å²) in [6.45, 7) is 0. The van der Waals surface area contributed by atoms with Gasteiger partial charge in [0, 0.05) is 12.8 Å². The highest BCUT2D eigenvalue weighted by atomic mass is 32.2. The van der Waals surface area contributed by atoms with Crippen molar-refractivity contribution in [3.8, 4) is 0 Å². The van der Waals surface area contributed by atoms with Crippen molar-refractivity contribution >= 4 is 31.6 Å². The highest BCUT2D eigenvalue weighted by Crippen LogP contribution is 2.07. The van der Waals surface area contributed by atoms with Crippen molar-refractivity contribution in [3.05, 3.63) is 0 Å².